The molecule has 0 aliphatic carbocycles. The fraction of sp³-hybridized carbons (Fsp3) is 0.562. The minimum Gasteiger partial charge on any atom is -0.353 e. The van der Waals surface area contributed by atoms with Gasteiger partial charge in [0.2, 0.25) is 5.95 Å². The summed E-state index contributed by atoms with van der Waals surface area (Å²) in [5.74, 6) is 1.21. The summed E-state index contributed by atoms with van der Waals surface area (Å²) in [5, 5.41) is 11.6. The lowest BCUT2D eigenvalue weighted by Gasteiger charge is -2.29. The predicted molar refractivity (Wildman–Crippen MR) is 85.3 cm³/mol. The van der Waals surface area contributed by atoms with Gasteiger partial charge in [-0.25, -0.2) is 4.98 Å². The fourth-order valence-electron chi connectivity index (χ4n) is 2.87. The van der Waals surface area contributed by atoms with E-state index in [1.165, 1.54) is 32.4 Å². The Hall–Kier alpha value is -1.75. The molecule has 5 nitrogen and oxygen atoms in total. The Labute approximate surface area is 125 Å². The highest BCUT2D eigenvalue weighted by Gasteiger charge is 2.13. The molecule has 0 amide bonds. The van der Waals surface area contributed by atoms with Gasteiger partial charge in [0.15, 0.2) is 0 Å². The third kappa shape index (κ3) is 3.88. The molecule has 5 heteroatoms. The van der Waals surface area contributed by atoms with Crippen molar-refractivity contribution in [3.05, 3.63) is 24.3 Å². The first-order valence-electron chi connectivity index (χ1n) is 7.87. The maximum absolute atomic E-state index is 4.50. The van der Waals surface area contributed by atoms with Crippen LogP contribution in [0.15, 0.2) is 24.3 Å². The molecule has 1 atom stereocenters. The zero-order chi connectivity index (χ0) is 14.5. The Balaban J connectivity index is 1.53. The van der Waals surface area contributed by atoms with Crippen molar-refractivity contribution in [2.45, 2.75) is 26.2 Å². The third-order valence-electron chi connectivity index (χ3n) is 3.99. The van der Waals surface area contributed by atoms with E-state index in [1.807, 2.05) is 24.3 Å². The lowest BCUT2D eigenvalue weighted by molar-refractivity contribution is 0.204. The lowest BCUT2D eigenvalue weighted by atomic mass is 10.1. The van der Waals surface area contributed by atoms with E-state index in [0.29, 0.717) is 11.9 Å². The summed E-state index contributed by atoms with van der Waals surface area (Å²) in [6, 6.07) is 7.82. The summed E-state index contributed by atoms with van der Waals surface area (Å²) >= 11 is 0. The number of nitrogens with zero attached hydrogens (tertiary/aromatic N) is 4. The van der Waals surface area contributed by atoms with E-state index in [2.05, 4.69) is 32.3 Å². The van der Waals surface area contributed by atoms with Gasteiger partial charge in [-0.15, -0.1) is 10.2 Å². The average Bonchev–Trinajstić information content (AvgIpc) is 2.54. The highest BCUT2D eigenvalue weighted by molar-refractivity contribution is 5.73. The third-order valence-corrected chi connectivity index (χ3v) is 3.99. The Bertz CT molecular complexity index is 580. The minimum atomic E-state index is 0.582. The topological polar surface area (TPSA) is 53.9 Å². The Morgan fingerprint density at radius 1 is 1.10 bits per heavy atom. The number of para-hydroxylation sites is 1. The lowest BCUT2D eigenvalue weighted by Crippen LogP contribution is -2.35. The number of fused-ring (bicyclic) bond motifs is 1. The molecule has 112 valence electrons. The van der Waals surface area contributed by atoms with E-state index in [0.717, 1.165) is 24.1 Å². The Kier molecular flexibility index (Phi) is 4.60. The number of rotatable bonds is 5. The van der Waals surface area contributed by atoms with Crippen LogP contribution in [0.25, 0.3) is 11.0 Å². The molecule has 3 rings (SSSR count). The highest BCUT2D eigenvalue weighted by Crippen LogP contribution is 2.12. The maximum atomic E-state index is 4.50. The van der Waals surface area contributed by atoms with Gasteiger partial charge >= 0.3 is 0 Å². The molecule has 1 aromatic carbocycles. The van der Waals surface area contributed by atoms with Crippen LogP contribution in [0.1, 0.15) is 26.2 Å². The smallest absolute Gasteiger partial charge is 0.243 e. The standard InChI is InChI=1S/C16H23N5/c1-13(12-21-9-5-2-6-10-21)11-17-16-18-14-7-3-4-8-15(14)19-20-16/h3-4,7-8,13H,2,5-6,9-12H2,1H3,(H,17,18,20). The summed E-state index contributed by atoms with van der Waals surface area (Å²) in [4.78, 5) is 7.06. The number of aromatic nitrogens is 3. The molecule has 0 bridgehead atoms. The van der Waals surface area contributed by atoms with Crippen LogP contribution in [-0.4, -0.2) is 46.3 Å². The van der Waals surface area contributed by atoms with E-state index in [1.54, 1.807) is 0 Å². The van der Waals surface area contributed by atoms with Crippen molar-refractivity contribution >= 4 is 17.0 Å². The molecule has 2 heterocycles. The average molecular weight is 285 g/mol. The highest BCUT2D eigenvalue weighted by atomic mass is 15.2. The van der Waals surface area contributed by atoms with Gasteiger partial charge in [-0.3, -0.25) is 0 Å². The van der Waals surface area contributed by atoms with Crippen molar-refractivity contribution in [2.24, 2.45) is 5.92 Å². The zero-order valence-electron chi connectivity index (χ0n) is 12.6. The molecule has 21 heavy (non-hydrogen) atoms. The molecule has 0 spiro atoms. The van der Waals surface area contributed by atoms with Gasteiger partial charge in [-0.1, -0.05) is 25.5 Å². The van der Waals surface area contributed by atoms with Crippen LogP contribution in [0, 0.1) is 5.92 Å². The van der Waals surface area contributed by atoms with Crippen LogP contribution in [0.4, 0.5) is 5.95 Å². The number of anilines is 1. The van der Waals surface area contributed by atoms with Crippen LogP contribution in [0.3, 0.4) is 0 Å². The number of likely N-dealkylation sites (tertiary alicyclic amines) is 1. The normalized spacial score (nSPS) is 17.8. The monoisotopic (exact) mass is 285 g/mol. The second-order valence-electron chi connectivity index (χ2n) is 5.97. The predicted octanol–water partition coefficient (Wildman–Crippen LogP) is 2.56. The molecule has 0 saturated carbocycles. The number of piperidine rings is 1. The van der Waals surface area contributed by atoms with Crippen molar-refractivity contribution < 1.29 is 0 Å². The van der Waals surface area contributed by atoms with Gasteiger partial charge in [-0.05, 0) is 44.0 Å². The minimum absolute atomic E-state index is 0.582. The van der Waals surface area contributed by atoms with Crippen LogP contribution in [0.2, 0.25) is 0 Å². The number of benzene rings is 1. The number of hydrogen-bond acceptors (Lipinski definition) is 5. The van der Waals surface area contributed by atoms with E-state index in [-0.39, 0.29) is 0 Å². The summed E-state index contributed by atoms with van der Waals surface area (Å²) < 4.78 is 0. The molecule has 1 fully saturated rings. The second-order valence-corrected chi connectivity index (χ2v) is 5.97. The van der Waals surface area contributed by atoms with Crippen molar-refractivity contribution in [1.82, 2.24) is 20.1 Å². The van der Waals surface area contributed by atoms with E-state index in [9.17, 15) is 0 Å². The van der Waals surface area contributed by atoms with Gasteiger partial charge in [-0.2, -0.15) is 0 Å². The molecule has 1 aliphatic rings. The van der Waals surface area contributed by atoms with Crippen molar-refractivity contribution in [3.8, 4) is 0 Å². The molecule has 1 unspecified atom stereocenters. The van der Waals surface area contributed by atoms with Crippen molar-refractivity contribution in [2.75, 3.05) is 31.5 Å². The second kappa shape index (κ2) is 6.80. The largest absolute Gasteiger partial charge is 0.353 e. The molecule has 2 aromatic rings. The molecule has 1 saturated heterocycles. The summed E-state index contributed by atoms with van der Waals surface area (Å²) in [7, 11) is 0. The maximum Gasteiger partial charge on any atom is 0.243 e. The van der Waals surface area contributed by atoms with Crippen LogP contribution in [-0.2, 0) is 0 Å². The first-order chi connectivity index (χ1) is 10.3. The first-order valence-corrected chi connectivity index (χ1v) is 7.87. The molecule has 1 aromatic heterocycles. The van der Waals surface area contributed by atoms with Crippen LogP contribution >= 0.6 is 0 Å². The summed E-state index contributed by atoms with van der Waals surface area (Å²) in [5.41, 5.74) is 1.73. The van der Waals surface area contributed by atoms with Gasteiger partial charge in [0, 0.05) is 13.1 Å². The first kappa shape index (κ1) is 14.2. The molecule has 0 radical (unpaired) electrons. The molecular formula is C16H23N5. The number of nitrogens with one attached hydrogen (secondary N) is 1. The Morgan fingerprint density at radius 2 is 1.86 bits per heavy atom. The van der Waals surface area contributed by atoms with Crippen molar-refractivity contribution in [1.29, 1.82) is 0 Å². The van der Waals surface area contributed by atoms with E-state index in [4.69, 9.17) is 0 Å². The molecular weight excluding hydrogens is 262 g/mol. The van der Waals surface area contributed by atoms with Gasteiger partial charge in [0.05, 0.1) is 5.52 Å². The van der Waals surface area contributed by atoms with Gasteiger partial charge in [0.1, 0.15) is 5.52 Å². The van der Waals surface area contributed by atoms with E-state index < -0.39 is 0 Å². The quantitative estimate of drug-likeness (QED) is 0.915. The van der Waals surface area contributed by atoms with Gasteiger partial charge < -0.3 is 10.2 Å². The van der Waals surface area contributed by atoms with E-state index >= 15 is 0 Å². The zero-order valence-corrected chi connectivity index (χ0v) is 12.6. The van der Waals surface area contributed by atoms with Crippen LogP contribution < -0.4 is 5.32 Å². The molecule has 1 aliphatic heterocycles. The van der Waals surface area contributed by atoms with Crippen LogP contribution in [0.5, 0.6) is 0 Å². The molecule has 1 N–H and O–H groups in total. The summed E-state index contributed by atoms with van der Waals surface area (Å²) in [6.45, 7) is 6.80. The fourth-order valence-corrected chi connectivity index (χ4v) is 2.87. The van der Waals surface area contributed by atoms with Gasteiger partial charge in [0.25, 0.3) is 0 Å². The SMILES string of the molecule is CC(CNc1nnc2ccccc2n1)CN1CCCCC1. The summed E-state index contributed by atoms with van der Waals surface area (Å²) in [6.07, 6.45) is 4.08. The Morgan fingerprint density at radius 3 is 2.67 bits per heavy atom. The van der Waals surface area contributed by atoms with Crippen molar-refractivity contribution in [3.63, 3.8) is 0 Å². The number of hydrogen-bond donors (Lipinski definition) is 1.